The first-order chi connectivity index (χ1) is 12.7. The van der Waals surface area contributed by atoms with Crippen LogP contribution in [0.4, 0.5) is 0 Å². The molecule has 7 heteroatoms. The van der Waals surface area contributed by atoms with E-state index in [9.17, 15) is 9.59 Å². The maximum absolute atomic E-state index is 12.4. The van der Waals surface area contributed by atoms with Gasteiger partial charge in [0.1, 0.15) is 5.82 Å². The molecule has 26 heavy (non-hydrogen) atoms. The number of carbonyl (C=O) groups excluding carboxylic acids is 1. The molecule has 3 heterocycles. The molecular weight excluding hydrogens is 350 g/mol. The predicted molar refractivity (Wildman–Crippen MR) is 100 cm³/mol. The minimum atomic E-state index is -0.437. The van der Waals surface area contributed by atoms with Crippen LogP contribution in [0.3, 0.4) is 0 Å². The Bertz CT molecular complexity index is 997. The second kappa shape index (κ2) is 7.01. The third kappa shape index (κ3) is 3.15. The van der Waals surface area contributed by atoms with E-state index in [4.69, 9.17) is 4.74 Å². The zero-order valence-corrected chi connectivity index (χ0v) is 15.2. The second-order valence-electron chi connectivity index (χ2n) is 6.42. The van der Waals surface area contributed by atoms with Crippen LogP contribution in [0.25, 0.3) is 10.9 Å². The molecule has 1 saturated heterocycles. The number of hydrogen-bond donors (Lipinski definition) is 1. The molecule has 134 valence electrons. The molecule has 0 aliphatic carbocycles. The van der Waals surface area contributed by atoms with Crippen molar-refractivity contribution in [2.45, 2.75) is 25.4 Å². The summed E-state index contributed by atoms with van der Waals surface area (Å²) in [4.78, 5) is 34.0. The number of H-pyrrole nitrogens is 1. The van der Waals surface area contributed by atoms with Crippen molar-refractivity contribution in [3.63, 3.8) is 0 Å². The Morgan fingerprint density at radius 3 is 3.08 bits per heavy atom. The van der Waals surface area contributed by atoms with Crippen molar-refractivity contribution < 1.29 is 9.53 Å². The molecule has 6 nitrogen and oxygen atoms in total. The number of aromatic nitrogens is 2. The highest BCUT2D eigenvalue weighted by molar-refractivity contribution is 7.07. The van der Waals surface area contributed by atoms with Gasteiger partial charge in [-0.25, -0.2) is 9.78 Å². The molecule has 3 aromatic rings. The average Bonchev–Trinajstić information content (AvgIpc) is 3.32. The molecule has 1 atom stereocenters. The van der Waals surface area contributed by atoms with Gasteiger partial charge in [0.05, 0.1) is 30.1 Å². The predicted octanol–water partition coefficient (Wildman–Crippen LogP) is 3.11. The highest BCUT2D eigenvalue weighted by Crippen LogP contribution is 2.33. The van der Waals surface area contributed by atoms with E-state index >= 15 is 0 Å². The largest absolute Gasteiger partial charge is 0.465 e. The van der Waals surface area contributed by atoms with Gasteiger partial charge in [-0.2, -0.15) is 11.3 Å². The summed E-state index contributed by atoms with van der Waals surface area (Å²) in [7, 11) is 1.33. The summed E-state index contributed by atoms with van der Waals surface area (Å²) < 4.78 is 4.75. The number of fused-ring (bicyclic) bond motifs is 1. The van der Waals surface area contributed by atoms with Crippen LogP contribution in [-0.4, -0.2) is 34.5 Å². The molecule has 1 aromatic carbocycles. The van der Waals surface area contributed by atoms with Gasteiger partial charge in [0.25, 0.3) is 5.56 Å². The Balaban J connectivity index is 1.66. The first-order valence-corrected chi connectivity index (χ1v) is 9.47. The van der Waals surface area contributed by atoms with E-state index in [1.54, 1.807) is 29.5 Å². The molecule has 4 rings (SSSR count). The standard InChI is InChI=1S/C19H19N3O3S/c1-25-19(24)12-4-5-14-15(9-12)20-17(21-18(14)23)10-22-7-2-3-16(22)13-6-8-26-11-13/h4-6,8-9,11,16H,2-3,7,10H2,1H3,(H,20,21,23). The summed E-state index contributed by atoms with van der Waals surface area (Å²) >= 11 is 1.70. The number of esters is 1. The Morgan fingerprint density at radius 2 is 2.31 bits per heavy atom. The van der Waals surface area contributed by atoms with Crippen LogP contribution in [-0.2, 0) is 11.3 Å². The number of methoxy groups -OCH3 is 1. The van der Waals surface area contributed by atoms with Crippen LogP contribution in [0.5, 0.6) is 0 Å². The van der Waals surface area contributed by atoms with E-state index in [0.717, 1.165) is 19.4 Å². The fraction of sp³-hybridized carbons (Fsp3) is 0.316. The van der Waals surface area contributed by atoms with Gasteiger partial charge in [0, 0.05) is 6.04 Å². The molecule has 0 spiro atoms. The molecule has 0 amide bonds. The van der Waals surface area contributed by atoms with Gasteiger partial charge in [0.2, 0.25) is 0 Å². The summed E-state index contributed by atoms with van der Waals surface area (Å²) in [6.45, 7) is 1.55. The smallest absolute Gasteiger partial charge is 0.337 e. The molecule has 1 N–H and O–H groups in total. The Hall–Kier alpha value is -2.51. The van der Waals surface area contributed by atoms with Crippen LogP contribution in [0.1, 0.15) is 40.6 Å². The number of thiophene rings is 1. The fourth-order valence-electron chi connectivity index (χ4n) is 3.56. The SMILES string of the molecule is COC(=O)c1ccc2c(=O)[nH]c(CN3CCCC3c3ccsc3)nc2c1. The van der Waals surface area contributed by atoms with Gasteiger partial charge < -0.3 is 9.72 Å². The average molecular weight is 369 g/mol. The van der Waals surface area contributed by atoms with Crippen LogP contribution < -0.4 is 5.56 Å². The molecule has 1 fully saturated rings. The van der Waals surface area contributed by atoms with Crippen LogP contribution in [0.15, 0.2) is 39.8 Å². The zero-order valence-electron chi connectivity index (χ0n) is 14.4. The lowest BCUT2D eigenvalue weighted by Gasteiger charge is -2.23. The minimum Gasteiger partial charge on any atom is -0.465 e. The maximum atomic E-state index is 12.4. The van der Waals surface area contributed by atoms with E-state index in [0.29, 0.717) is 34.9 Å². The topological polar surface area (TPSA) is 75.3 Å². The van der Waals surface area contributed by atoms with Crippen molar-refractivity contribution in [2.24, 2.45) is 0 Å². The van der Waals surface area contributed by atoms with Crippen LogP contribution in [0.2, 0.25) is 0 Å². The molecule has 1 aliphatic rings. The Labute approximate surface area is 154 Å². The van der Waals surface area contributed by atoms with E-state index in [1.807, 2.05) is 0 Å². The van der Waals surface area contributed by atoms with Gasteiger partial charge in [-0.05, 0) is 60.0 Å². The van der Waals surface area contributed by atoms with Crippen molar-refractivity contribution in [3.05, 3.63) is 62.3 Å². The van der Waals surface area contributed by atoms with Gasteiger partial charge in [-0.1, -0.05) is 0 Å². The number of rotatable bonds is 4. The zero-order chi connectivity index (χ0) is 18.1. The molecule has 0 saturated carbocycles. The first-order valence-electron chi connectivity index (χ1n) is 8.53. The molecule has 2 aromatic heterocycles. The summed E-state index contributed by atoms with van der Waals surface area (Å²) in [5, 5.41) is 4.75. The number of nitrogens with one attached hydrogen (secondary N) is 1. The molecular formula is C19H19N3O3S. The van der Waals surface area contributed by atoms with E-state index in [-0.39, 0.29) is 5.56 Å². The van der Waals surface area contributed by atoms with Crippen LogP contribution in [0, 0.1) is 0 Å². The highest BCUT2D eigenvalue weighted by atomic mass is 32.1. The van der Waals surface area contributed by atoms with E-state index in [2.05, 4.69) is 31.7 Å². The fourth-order valence-corrected chi connectivity index (χ4v) is 4.26. The van der Waals surface area contributed by atoms with Crippen molar-refractivity contribution in [3.8, 4) is 0 Å². The first kappa shape index (κ1) is 16.9. The highest BCUT2D eigenvalue weighted by Gasteiger charge is 2.27. The molecule has 1 unspecified atom stereocenters. The van der Waals surface area contributed by atoms with Gasteiger partial charge in [0.15, 0.2) is 0 Å². The summed E-state index contributed by atoms with van der Waals surface area (Å²) in [5.41, 5.74) is 2.04. The third-order valence-corrected chi connectivity index (χ3v) is 5.52. The Kier molecular flexibility index (Phi) is 4.57. The lowest BCUT2D eigenvalue weighted by atomic mass is 10.1. The summed E-state index contributed by atoms with van der Waals surface area (Å²) in [6.07, 6.45) is 2.24. The number of likely N-dealkylation sites (tertiary alicyclic amines) is 1. The molecule has 0 bridgehead atoms. The second-order valence-corrected chi connectivity index (χ2v) is 7.20. The lowest BCUT2D eigenvalue weighted by molar-refractivity contribution is 0.0601. The van der Waals surface area contributed by atoms with Gasteiger partial charge in [-0.15, -0.1) is 0 Å². The number of ether oxygens (including phenoxy) is 1. The lowest BCUT2D eigenvalue weighted by Crippen LogP contribution is -2.25. The van der Waals surface area contributed by atoms with Crippen molar-refractivity contribution >= 4 is 28.2 Å². The maximum Gasteiger partial charge on any atom is 0.337 e. The number of hydrogen-bond acceptors (Lipinski definition) is 6. The minimum absolute atomic E-state index is 0.187. The number of benzene rings is 1. The Morgan fingerprint density at radius 1 is 1.42 bits per heavy atom. The monoisotopic (exact) mass is 369 g/mol. The number of carbonyl (C=O) groups is 1. The van der Waals surface area contributed by atoms with E-state index in [1.165, 1.54) is 12.7 Å². The van der Waals surface area contributed by atoms with Crippen molar-refractivity contribution in [2.75, 3.05) is 13.7 Å². The van der Waals surface area contributed by atoms with Crippen LogP contribution >= 0.6 is 11.3 Å². The number of nitrogens with zero attached hydrogens (tertiary/aromatic N) is 2. The van der Waals surface area contributed by atoms with E-state index < -0.39 is 5.97 Å². The molecule has 0 radical (unpaired) electrons. The summed E-state index contributed by atoms with van der Waals surface area (Å²) in [6, 6.07) is 7.33. The normalized spacial score (nSPS) is 17.7. The third-order valence-electron chi connectivity index (χ3n) is 4.82. The quantitative estimate of drug-likeness (QED) is 0.715. The van der Waals surface area contributed by atoms with Gasteiger partial charge in [-0.3, -0.25) is 9.69 Å². The summed E-state index contributed by atoms with van der Waals surface area (Å²) in [5.74, 6) is 0.180. The van der Waals surface area contributed by atoms with Crippen molar-refractivity contribution in [1.29, 1.82) is 0 Å². The van der Waals surface area contributed by atoms with Crippen molar-refractivity contribution in [1.82, 2.24) is 14.9 Å². The number of aromatic amines is 1. The molecule has 1 aliphatic heterocycles. The van der Waals surface area contributed by atoms with Gasteiger partial charge >= 0.3 is 5.97 Å².